The summed E-state index contributed by atoms with van der Waals surface area (Å²) in [5, 5.41) is 3.34. The van der Waals surface area contributed by atoms with Crippen LogP contribution < -0.4 is 5.32 Å². The summed E-state index contributed by atoms with van der Waals surface area (Å²) in [7, 11) is 0. The van der Waals surface area contributed by atoms with Gasteiger partial charge in [-0.2, -0.15) is 0 Å². The van der Waals surface area contributed by atoms with Crippen molar-refractivity contribution in [1.29, 1.82) is 0 Å². The zero-order valence-corrected chi connectivity index (χ0v) is 12.9. The van der Waals surface area contributed by atoms with E-state index in [0.717, 1.165) is 42.9 Å². The topological polar surface area (TPSA) is 45.2 Å². The minimum Gasteiger partial charge on any atom is -0.354 e. The van der Waals surface area contributed by atoms with Gasteiger partial charge in [-0.25, -0.2) is 0 Å². The lowest BCUT2D eigenvalue weighted by molar-refractivity contribution is 0.0724. The predicted octanol–water partition coefficient (Wildman–Crippen LogP) is 3.76. The van der Waals surface area contributed by atoms with Crippen LogP contribution in [-0.2, 0) is 0 Å². The molecule has 1 aromatic heterocycles. The summed E-state index contributed by atoms with van der Waals surface area (Å²) in [6, 6.07) is 9.96. The lowest BCUT2D eigenvalue weighted by Gasteiger charge is -2.26. The first-order valence-corrected chi connectivity index (χ1v) is 7.81. The van der Waals surface area contributed by atoms with E-state index in [0.29, 0.717) is 5.56 Å². The molecule has 0 saturated carbocycles. The van der Waals surface area contributed by atoms with Crippen LogP contribution in [0.1, 0.15) is 35.2 Å². The number of para-hydroxylation sites is 1. The first-order chi connectivity index (χ1) is 10.7. The summed E-state index contributed by atoms with van der Waals surface area (Å²) in [5.41, 5.74) is 3.69. The fourth-order valence-electron chi connectivity index (χ4n) is 2.77. The van der Waals surface area contributed by atoms with Gasteiger partial charge in [0.25, 0.3) is 5.91 Å². The fourth-order valence-corrected chi connectivity index (χ4v) is 2.77. The molecule has 1 fully saturated rings. The molecule has 0 aliphatic carbocycles. The Hall–Kier alpha value is -2.36. The van der Waals surface area contributed by atoms with Crippen molar-refractivity contribution in [3.63, 3.8) is 0 Å². The smallest absolute Gasteiger partial charge is 0.255 e. The van der Waals surface area contributed by atoms with E-state index in [1.807, 2.05) is 29.2 Å². The Balaban J connectivity index is 1.77. The third-order valence-corrected chi connectivity index (χ3v) is 4.05. The van der Waals surface area contributed by atoms with Crippen LogP contribution in [0.25, 0.3) is 0 Å². The molecule has 1 saturated heterocycles. The van der Waals surface area contributed by atoms with Crippen molar-refractivity contribution >= 4 is 17.3 Å². The highest BCUT2D eigenvalue weighted by atomic mass is 16.2. The molecular formula is C18H21N3O. The highest BCUT2D eigenvalue weighted by Gasteiger charge is 2.18. The van der Waals surface area contributed by atoms with Crippen molar-refractivity contribution in [3.8, 4) is 0 Å². The largest absolute Gasteiger partial charge is 0.354 e. The molecule has 3 rings (SSSR count). The Morgan fingerprint density at radius 1 is 1.14 bits per heavy atom. The maximum Gasteiger partial charge on any atom is 0.255 e. The minimum absolute atomic E-state index is 0.0839. The van der Waals surface area contributed by atoms with Crippen LogP contribution in [-0.4, -0.2) is 28.9 Å². The standard InChI is InChI=1S/C18H21N3O/c1-14-7-3-4-8-17(14)20-16-11-15(12-19-13-16)18(22)21-9-5-2-6-10-21/h3-4,7-8,11-13,20H,2,5-6,9-10H2,1H3. The van der Waals surface area contributed by atoms with Crippen molar-refractivity contribution in [3.05, 3.63) is 53.9 Å². The van der Waals surface area contributed by atoms with Crippen LogP contribution in [0.5, 0.6) is 0 Å². The summed E-state index contributed by atoms with van der Waals surface area (Å²) >= 11 is 0. The van der Waals surface area contributed by atoms with Crippen LogP contribution in [0.4, 0.5) is 11.4 Å². The number of nitrogens with one attached hydrogen (secondary N) is 1. The predicted molar refractivity (Wildman–Crippen MR) is 88.5 cm³/mol. The number of aromatic nitrogens is 1. The Kier molecular flexibility index (Phi) is 4.37. The maximum absolute atomic E-state index is 12.5. The molecule has 0 atom stereocenters. The van der Waals surface area contributed by atoms with Crippen molar-refractivity contribution < 1.29 is 4.79 Å². The molecule has 2 heterocycles. The molecule has 0 radical (unpaired) electrons. The molecule has 4 nitrogen and oxygen atoms in total. The molecule has 22 heavy (non-hydrogen) atoms. The zero-order chi connectivity index (χ0) is 15.4. The number of hydrogen-bond donors (Lipinski definition) is 1. The van der Waals surface area contributed by atoms with Gasteiger partial charge >= 0.3 is 0 Å². The molecule has 0 bridgehead atoms. The van der Waals surface area contributed by atoms with Gasteiger partial charge in [0, 0.05) is 25.0 Å². The number of likely N-dealkylation sites (tertiary alicyclic amines) is 1. The van der Waals surface area contributed by atoms with E-state index in [9.17, 15) is 4.79 Å². The lowest BCUT2D eigenvalue weighted by atomic mass is 10.1. The SMILES string of the molecule is Cc1ccccc1Nc1cncc(C(=O)N2CCCCC2)c1. The van der Waals surface area contributed by atoms with Crippen molar-refractivity contribution in [1.82, 2.24) is 9.88 Å². The maximum atomic E-state index is 12.5. The van der Waals surface area contributed by atoms with Gasteiger partial charge in [0.1, 0.15) is 0 Å². The number of aryl methyl sites for hydroxylation is 1. The highest BCUT2D eigenvalue weighted by Crippen LogP contribution is 2.21. The van der Waals surface area contributed by atoms with Gasteiger partial charge in [0.05, 0.1) is 17.4 Å². The molecule has 2 aromatic rings. The number of carbonyl (C=O) groups is 1. The number of benzene rings is 1. The monoisotopic (exact) mass is 295 g/mol. The molecule has 1 aromatic carbocycles. The Morgan fingerprint density at radius 2 is 1.91 bits per heavy atom. The van der Waals surface area contributed by atoms with Gasteiger partial charge in [-0.3, -0.25) is 9.78 Å². The molecule has 0 unspecified atom stereocenters. The van der Waals surface area contributed by atoms with Crippen molar-refractivity contribution in [2.75, 3.05) is 18.4 Å². The average molecular weight is 295 g/mol. The lowest BCUT2D eigenvalue weighted by Crippen LogP contribution is -2.35. The second-order valence-corrected chi connectivity index (χ2v) is 5.76. The van der Waals surface area contributed by atoms with Crippen molar-refractivity contribution in [2.24, 2.45) is 0 Å². The summed E-state index contributed by atoms with van der Waals surface area (Å²) in [6.07, 6.45) is 6.82. The second kappa shape index (κ2) is 6.60. The van der Waals surface area contributed by atoms with Crippen LogP contribution in [0.3, 0.4) is 0 Å². The van der Waals surface area contributed by atoms with Gasteiger partial charge in [-0.15, -0.1) is 0 Å². The number of anilines is 2. The van der Waals surface area contributed by atoms with Gasteiger partial charge < -0.3 is 10.2 Å². The van der Waals surface area contributed by atoms with E-state index in [4.69, 9.17) is 0 Å². The molecule has 1 aliphatic heterocycles. The number of carbonyl (C=O) groups excluding carboxylic acids is 1. The summed E-state index contributed by atoms with van der Waals surface area (Å²) in [5.74, 6) is 0.0839. The molecular weight excluding hydrogens is 274 g/mol. The van der Waals surface area contributed by atoms with Gasteiger partial charge in [0.2, 0.25) is 0 Å². The molecule has 4 heteroatoms. The number of nitrogens with zero attached hydrogens (tertiary/aromatic N) is 2. The second-order valence-electron chi connectivity index (χ2n) is 5.76. The van der Waals surface area contributed by atoms with Crippen LogP contribution in [0, 0.1) is 6.92 Å². The summed E-state index contributed by atoms with van der Waals surface area (Å²) in [6.45, 7) is 3.76. The quantitative estimate of drug-likeness (QED) is 0.937. The van der Waals surface area contributed by atoms with E-state index >= 15 is 0 Å². The van der Waals surface area contributed by atoms with E-state index in [1.54, 1.807) is 12.4 Å². The first kappa shape index (κ1) is 14.6. The zero-order valence-electron chi connectivity index (χ0n) is 12.9. The van der Waals surface area contributed by atoms with Crippen molar-refractivity contribution in [2.45, 2.75) is 26.2 Å². The molecule has 1 aliphatic rings. The highest BCUT2D eigenvalue weighted by molar-refractivity contribution is 5.95. The van der Waals surface area contributed by atoms with Crippen LogP contribution >= 0.6 is 0 Å². The van der Waals surface area contributed by atoms with Crippen LogP contribution in [0.2, 0.25) is 0 Å². The normalized spacial score (nSPS) is 14.7. The fraction of sp³-hybridized carbons (Fsp3) is 0.333. The van der Waals surface area contributed by atoms with Gasteiger partial charge in [-0.05, 0) is 43.9 Å². The molecule has 0 spiro atoms. The third kappa shape index (κ3) is 3.27. The van der Waals surface area contributed by atoms with Gasteiger partial charge in [0.15, 0.2) is 0 Å². The summed E-state index contributed by atoms with van der Waals surface area (Å²) in [4.78, 5) is 18.7. The Labute approximate surface area is 131 Å². The van der Waals surface area contributed by atoms with Crippen LogP contribution in [0.15, 0.2) is 42.7 Å². The Bertz CT molecular complexity index is 663. The average Bonchev–Trinajstić information content (AvgIpc) is 2.57. The molecule has 1 amide bonds. The van der Waals surface area contributed by atoms with Gasteiger partial charge in [-0.1, -0.05) is 18.2 Å². The summed E-state index contributed by atoms with van der Waals surface area (Å²) < 4.78 is 0. The van der Waals surface area contributed by atoms with E-state index in [1.165, 1.54) is 6.42 Å². The van der Waals surface area contributed by atoms with E-state index in [-0.39, 0.29) is 5.91 Å². The number of hydrogen-bond acceptors (Lipinski definition) is 3. The van der Waals surface area contributed by atoms with E-state index < -0.39 is 0 Å². The van der Waals surface area contributed by atoms with E-state index in [2.05, 4.69) is 23.3 Å². The Morgan fingerprint density at radius 3 is 2.68 bits per heavy atom. The number of pyridine rings is 1. The third-order valence-electron chi connectivity index (χ3n) is 4.05. The first-order valence-electron chi connectivity index (χ1n) is 7.81. The minimum atomic E-state index is 0.0839. The number of amides is 1. The number of rotatable bonds is 3. The number of piperidine rings is 1. The molecule has 1 N–H and O–H groups in total. The molecule has 114 valence electrons.